The lowest BCUT2D eigenvalue weighted by Gasteiger charge is -2.13. The van der Waals surface area contributed by atoms with Crippen molar-refractivity contribution in [2.45, 2.75) is 13.3 Å². The molecule has 0 saturated heterocycles. The van der Waals surface area contributed by atoms with Gasteiger partial charge in [0.2, 0.25) is 0 Å². The Bertz CT molecular complexity index is 631. The lowest BCUT2D eigenvalue weighted by Crippen LogP contribution is -2.25. The van der Waals surface area contributed by atoms with Crippen molar-refractivity contribution in [3.63, 3.8) is 0 Å². The molecule has 1 aromatic heterocycles. The van der Waals surface area contributed by atoms with Gasteiger partial charge in [-0.3, -0.25) is 4.79 Å². The molecule has 0 saturated carbocycles. The van der Waals surface area contributed by atoms with E-state index in [1.54, 1.807) is 11.6 Å². The molecular formula is C13H15BrN2O. The monoisotopic (exact) mass is 294 g/mol. The largest absolute Gasteiger partial charge is 0.330 e. The van der Waals surface area contributed by atoms with Crippen LogP contribution in [0.2, 0.25) is 0 Å². The first kappa shape index (κ1) is 12.3. The number of benzene rings is 1. The molecular weight excluding hydrogens is 280 g/mol. The van der Waals surface area contributed by atoms with Gasteiger partial charge in [0.1, 0.15) is 0 Å². The predicted octanol–water partition coefficient (Wildman–Crippen LogP) is 2.11. The van der Waals surface area contributed by atoms with Crippen molar-refractivity contribution in [2.24, 2.45) is 12.8 Å². The summed E-state index contributed by atoms with van der Waals surface area (Å²) in [7, 11) is 1.80. The van der Waals surface area contributed by atoms with Gasteiger partial charge in [0.05, 0.1) is 5.52 Å². The van der Waals surface area contributed by atoms with E-state index >= 15 is 0 Å². The van der Waals surface area contributed by atoms with Crippen LogP contribution in [0.3, 0.4) is 0 Å². The summed E-state index contributed by atoms with van der Waals surface area (Å²) in [6.45, 7) is 2.48. The van der Waals surface area contributed by atoms with Crippen molar-refractivity contribution in [2.75, 3.05) is 6.54 Å². The van der Waals surface area contributed by atoms with Crippen molar-refractivity contribution in [3.05, 3.63) is 44.2 Å². The first-order valence-corrected chi connectivity index (χ1v) is 6.34. The molecule has 4 heteroatoms. The van der Waals surface area contributed by atoms with Gasteiger partial charge in [0.25, 0.3) is 5.56 Å². The smallest absolute Gasteiger partial charge is 0.254 e. The number of nitrogens with zero attached hydrogens (tertiary/aromatic N) is 1. The average molecular weight is 295 g/mol. The van der Waals surface area contributed by atoms with Crippen LogP contribution in [0.1, 0.15) is 11.1 Å². The Labute approximate surface area is 108 Å². The van der Waals surface area contributed by atoms with Crippen molar-refractivity contribution in [1.82, 2.24) is 4.57 Å². The second-order valence-corrected chi connectivity index (χ2v) is 5.00. The zero-order chi connectivity index (χ0) is 12.6. The van der Waals surface area contributed by atoms with E-state index in [1.165, 1.54) is 0 Å². The number of rotatable bonds is 2. The summed E-state index contributed by atoms with van der Waals surface area (Å²) in [5.74, 6) is 0. The number of halogens is 1. The lowest BCUT2D eigenvalue weighted by atomic mass is 10.0. The minimum atomic E-state index is 0.0485. The third kappa shape index (κ3) is 1.91. The fourth-order valence-electron chi connectivity index (χ4n) is 2.22. The predicted molar refractivity (Wildman–Crippen MR) is 74.4 cm³/mol. The van der Waals surface area contributed by atoms with Gasteiger partial charge in [-0.2, -0.15) is 0 Å². The first-order chi connectivity index (χ1) is 8.07. The van der Waals surface area contributed by atoms with E-state index in [9.17, 15) is 4.79 Å². The molecule has 0 unspecified atom stereocenters. The molecule has 0 aliphatic carbocycles. The molecule has 0 fully saturated rings. The van der Waals surface area contributed by atoms with E-state index in [0.717, 1.165) is 26.5 Å². The summed E-state index contributed by atoms with van der Waals surface area (Å²) in [4.78, 5) is 12.2. The highest BCUT2D eigenvalue weighted by molar-refractivity contribution is 9.10. The standard InChI is InChI=1S/C13H15BrN2O/c1-8-9-4-3-5-11(14)12(9)16(2)13(17)10(8)6-7-15/h3-5H,6-7,15H2,1-2H3. The molecule has 2 rings (SSSR count). The molecule has 1 aromatic carbocycles. The third-order valence-electron chi connectivity index (χ3n) is 3.14. The highest BCUT2D eigenvalue weighted by atomic mass is 79.9. The third-order valence-corrected chi connectivity index (χ3v) is 3.78. The Morgan fingerprint density at radius 1 is 1.41 bits per heavy atom. The summed E-state index contributed by atoms with van der Waals surface area (Å²) >= 11 is 3.50. The van der Waals surface area contributed by atoms with Crippen LogP contribution >= 0.6 is 15.9 Å². The van der Waals surface area contributed by atoms with Gasteiger partial charge in [-0.1, -0.05) is 12.1 Å². The first-order valence-electron chi connectivity index (χ1n) is 5.54. The van der Waals surface area contributed by atoms with Crippen molar-refractivity contribution < 1.29 is 0 Å². The number of aromatic nitrogens is 1. The molecule has 0 radical (unpaired) electrons. The minimum Gasteiger partial charge on any atom is -0.330 e. The highest BCUT2D eigenvalue weighted by Crippen LogP contribution is 2.25. The number of hydrogen-bond donors (Lipinski definition) is 1. The van der Waals surface area contributed by atoms with E-state index in [4.69, 9.17) is 5.73 Å². The van der Waals surface area contributed by atoms with E-state index in [-0.39, 0.29) is 5.56 Å². The average Bonchev–Trinajstić information content (AvgIpc) is 2.31. The van der Waals surface area contributed by atoms with Crippen LogP contribution in [0.5, 0.6) is 0 Å². The highest BCUT2D eigenvalue weighted by Gasteiger charge is 2.12. The normalized spacial score (nSPS) is 11.1. The van der Waals surface area contributed by atoms with Gasteiger partial charge >= 0.3 is 0 Å². The van der Waals surface area contributed by atoms with Crippen LogP contribution in [0, 0.1) is 6.92 Å². The maximum Gasteiger partial charge on any atom is 0.254 e. The summed E-state index contributed by atoms with van der Waals surface area (Å²) in [5.41, 5.74) is 8.41. The van der Waals surface area contributed by atoms with Gasteiger partial charge in [-0.05, 0) is 47.4 Å². The molecule has 2 N–H and O–H groups in total. The van der Waals surface area contributed by atoms with Crippen molar-refractivity contribution in [3.8, 4) is 0 Å². The number of nitrogens with two attached hydrogens (primary N) is 1. The van der Waals surface area contributed by atoms with E-state index in [1.807, 2.05) is 25.1 Å². The van der Waals surface area contributed by atoms with Gasteiger partial charge in [-0.15, -0.1) is 0 Å². The lowest BCUT2D eigenvalue weighted by molar-refractivity contribution is 0.848. The molecule has 0 bridgehead atoms. The fraction of sp³-hybridized carbons (Fsp3) is 0.308. The SMILES string of the molecule is Cc1c(CCN)c(=O)n(C)c2c(Br)cccc12. The number of hydrogen-bond acceptors (Lipinski definition) is 2. The number of aryl methyl sites for hydroxylation is 2. The number of para-hydroxylation sites is 1. The van der Waals surface area contributed by atoms with Crippen LogP contribution in [0.4, 0.5) is 0 Å². The van der Waals surface area contributed by atoms with Crippen LogP contribution in [0.25, 0.3) is 10.9 Å². The van der Waals surface area contributed by atoms with Crippen LogP contribution in [-0.4, -0.2) is 11.1 Å². The molecule has 0 spiro atoms. The van der Waals surface area contributed by atoms with Gasteiger partial charge in [0.15, 0.2) is 0 Å². The summed E-state index contributed by atoms with van der Waals surface area (Å²) in [6.07, 6.45) is 0.626. The quantitative estimate of drug-likeness (QED) is 0.922. The molecule has 0 aliphatic heterocycles. The Hall–Kier alpha value is -1.13. The summed E-state index contributed by atoms with van der Waals surface area (Å²) < 4.78 is 2.63. The van der Waals surface area contributed by atoms with Crippen LogP contribution in [0.15, 0.2) is 27.5 Å². The van der Waals surface area contributed by atoms with Gasteiger partial charge in [0, 0.05) is 22.5 Å². The topological polar surface area (TPSA) is 48.0 Å². The molecule has 0 aliphatic rings. The molecule has 2 aromatic rings. The fourth-order valence-corrected chi connectivity index (χ4v) is 2.86. The van der Waals surface area contributed by atoms with Gasteiger partial charge < -0.3 is 10.3 Å². The molecule has 17 heavy (non-hydrogen) atoms. The van der Waals surface area contributed by atoms with E-state index in [0.29, 0.717) is 13.0 Å². The molecule has 1 heterocycles. The number of pyridine rings is 1. The molecule has 0 atom stereocenters. The van der Waals surface area contributed by atoms with E-state index in [2.05, 4.69) is 15.9 Å². The Balaban J connectivity index is 2.95. The number of fused-ring (bicyclic) bond motifs is 1. The van der Waals surface area contributed by atoms with Crippen LogP contribution < -0.4 is 11.3 Å². The molecule has 0 amide bonds. The maximum absolute atomic E-state index is 12.2. The van der Waals surface area contributed by atoms with Crippen molar-refractivity contribution in [1.29, 1.82) is 0 Å². The summed E-state index contributed by atoms with van der Waals surface area (Å²) in [5, 5.41) is 1.10. The second-order valence-electron chi connectivity index (χ2n) is 4.14. The Morgan fingerprint density at radius 3 is 2.76 bits per heavy atom. The summed E-state index contributed by atoms with van der Waals surface area (Å²) in [6, 6.07) is 5.97. The second kappa shape index (κ2) is 4.63. The van der Waals surface area contributed by atoms with Gasteiger partial charge in [-0.25, -0.2) is 0 Å². The maximum atomic E-state index is 12.2. The zero-order valence-corrected chi connectivity index (χ0v) is 11.5. The molecule has 90 valence electrons. The van der Waals surface area contributed by atoms with E-state index < -0.39 is 0 Å². The molecule has 3 nitrogen and oxygen atoms in total. The Morgan fingerprint density at radius 2 is 2.12 bits per heavy atom. The van der Waals surface area contributed by atoms with Crippen LogP contribution in [-0.2, 0) is 13.5 Å². The minimum absolute atomic E-state index is 0.0485. The Kier molecular flexibility index (Phi) is 3.35. The van der Waals surface area contributed by atoms with Crippen molar-refractivity contribution >= 4 is 26.8 Å². The zero-order valence-electron chi connectivity index (χ0n) is 9.96.